The topological polar surface area (TPSA) is 186 Å². The second kappa shape index (κ2) is 17.6. The fraction of sp³-hybridized carbons (Fsp3) is 0.545. The van der Waals surface area contributed by atoms with Gasteiger partial charge in [-0.25, -0.2) is 9.59 Å². The molecule has 0 rings (SSSR count). The Bertz CT molecular complexity index is 771. The molecule has 0 aromatic heterocycles. The second-order valence-electron chi connectivity index (χ2n) is 7.48. The number of carboxylic acid groups (broad SMARTS) is 2. The van der Waals surface area contributed by atoms with Gasteiger partial charge in [0.25, 0.3) is 0 Å². The Morgan fingerprint density at radius 2 is 0.889 bits per heavy atom. The summed E-state index contributed by atoms with van der Waals surface area (Å²) in [5, 5.41) is 18.2. The van der Waals surface area contributed by atoms with Crippen LogP contribution in [0.1, 0.15) is 13.8 Å². The highest BCUT2D eigenvalue weighted by Crippen LogP contribution is 1.98. The second-order valence-corrected chi connectivity index (χ2v) is 7.48. The summed E-state index contributed by atoms with van der Waals surface area (Å²) in [6.45, 7) is 6.59. The number of rotatable bonds is 19. The molecule has 0 radical (unpaired) electrons. The van der Waals surface area contributed by atoms with Crippen LogP contribution < -0.4 is 0 Å². The van der Waals surface area contributed by atoms with Crippen LogP contribution in [0.5, 0.6) is 0 Å². The average molecular weight is 517 g/mol. The number of aliphatic carboxylic acids is 2. The summed E-state index contributed by atoms with van der Waals surface area (Å²) in [4.78, 5) is 71.2. The molecule has 0 atom stereocenters. The molecule has 0 heterocycles. The lowest BCUT2D eigenvalue weighted by atomic mass is 10.3. The summed E-state index contributed by atoms with van der Waals surface area (Å²) >= 11 is 0. The number of carbonyl (C=O) groups is 6. The van der Waals surface area contributed by atoms with Crippen molar-refractivity contribution < 1.29 is 57.9 Å². The zero-order valence-corrected chi connectivity index (χ0v) is 20.4. The molecule has 0 aliphatic rings. The van der Waals surface area contributed by atoms with Crippen LogP contribution in [0, 0.1) is 0 Å². The van der Waals surface area contributed by atoms with Gasteiger partial charge in [0.2, 0.25) is 0 Å². The summed E-state index contributed by atoms with van der Waals surface area (Å²) in [6.07, 6.45) is 0. The normalized spacial score (nSPS) is 10.4. The zero-order valence-electron chi connectivity index (χ0n) is 20.4. The molecule has 0 saturated carbocycles. The van der Waals surface area contributed by atoms with E-state index in [0.717, 1.165) is 0 Å². The first-order valence-corrected chi connectivity index (χ1v) is 10.7. The molecule has 0 aromatic rings. The van der Waals surface area contributed by atoms with Gasteiger partial charge in [0.15, 0.2) is 0 Å². The quantitative estimate of drug-likeness (QED) is 0.0929. The molecule has 0 aromatic carbocycles. The average Bonchev–Trinajstić information content (AvgIpc) is 2.76. The molecule has 202 valence electrons. The van der Waals surface area contributed by atoms with E-state index in [0.29, 0.717) is 0 Å². The fourth-order valence-corrected chi connectivity index (χ4v) is 2.38. The standard InChI is InChI=1S/C22H32N2O12/c1-15(2)21(31)35-9-7-33-19(29)13-23(11-17(25)26)5-6-24(12-18(27)28)14-20(30)34-8-10-36-22(32)16(3)4/h1,3,5-14H2,2,4H3,(H,25,26)(H,27,28). The third kappa shape index (κ3) is 16.8. The Labute approximate surface area is 208 Å². The van der Waals surface area contributed by atoms with Crippen LogP contribution in [0.25, 0.3) is 0 Å². The maximum absolute atomic E-state index is 12.0. The lowest BCUT2D eigenvalue weighted by molar-refractivity contribution is -0.153. The minimum absolute atomic E-state index is 0.0944. The summed E-state index contributed by atoms with van der Waals surface area (Å²) in [5.41, 5.74) is 0.352. The number of hydrogen-bond acceptors (Lipinski definition) is 12. The van der Waals surface area contributed by atoms with Gasteiger partial charge in [0, 0.05) is 24.2 Å². The predicted molar refractivity (Wildman–Crippen MR) is 122 cm³/mol. The molecular weight excluding hydrogens is 484 g/mol. The molecule has 14 nitrogen and oxygen atoms in total. The van der Waals surface area contributed by atoms with Crippen LogP contribution in [0.4, 0.5) is 0 Å². The first kappa shape index (κ1) is 32.2. The highest BCUT2D eigenvalue weighted by molar-refractivity contribution is 5.87. The van der Waals surface area contributed by atoms with Crippen LogP contribution in [0.2, 0.25) is 0 Å². The van der Waals surface area contributed by atoms with Crippen molar-refractivity contribution in [2.75, 3.05) is 65.7 Å². The van der Waals surface area contributed by atoms with E-state index in [1.807, 2.05) is 0 Å². The zero-order chi connectivity index (χ0) is 27.7. The largest absolute Gasteiger partial charge is 0.480 e. The molecule has 0 aliphatic heterocycles. The molecule has 14 heteroatoms. The smallest absolute Gasteiger partial charge is 0.333 e. The highest BCUT2D eigenvalue weighted by atomic mass is 16.6. The van der Waals surface area contributed by atoms with Crippen molar-refractivity contribution in [2.24, 2.45) is 0 Å². The maximum atomic E-state index is 12.0. The monoisotopic (exact) mass is 516 g/mol. The molecule has 0 spiro atoms. The van der Waals surface area contributed by atoms with Gasteiger partial charge in [-0.2, -0.15) is 0 Å². The van der Waals surface area contributed by atoms with Crippen molar-refractivity contribution in [3.63, 3.8) is 0 Å². The molecule has 0 bridgehead atoms. The van der Waals surface area contributed by atoms with Gasteiger partial charge in [-0.1, -0.05) is 13.2 Å². The van der Waals surface area contributed by atoms with Crippen molar-refractivity contribution in [2.45, 2.75) is 13.8 Å². The van der Waals surface area contributed by atoms with E-state index in [1.165, 1.54) is 23.6 Å². The van der Waals surface area contributed by atoms with E-state index in [-0.39, 0.29) is 50.7 Å². The van der Waals surface area contributed by atoms with Crippen molar-refractivity contribution >= 4 is 35.8 Å². The number of hydrogen-bond donors (Lipinski definition) is 2. The molecule has 36 heavy (non-hydrogen) atoms. The van der Waals surface area contributed by atoms with E-state index in [1.54, 1.807) is 0 Å². The van der Waals surface area contributed by atoms with E-state index >= 15 is 0 Å². The molecule has 0 aliphatic carbocycles. The van der Waals surface area contributed by atoms with E-state index < -0.39 is 62.0 Å². The number of carboxylic acids is 2. The minimum Gasteiger partial charge on any atom is -0.480 e. The first-order valence-electron chi connectivity index (χ1n) is 10.7. The number of ether oxygens (including phenoxy) is 4. The van der Waals surface area contributed by atoms with Crippen molar-refractivity contribution in [1.29, 1.82) is 0 Å². The molecule has 0 fully saturated rings. The van der Waals surface area contributed by atoms with Gasteiger partial charge in [-0.15, -0.1) is 0 Å². The summed E-state index contributed by atoms with van der Waals surface area (Å²) in [6, 6.07) is 0. The van der Waals surface area contributed by atoms with Crippen LogP contribution in [0.15, 0.2) is 24.3 Å². The fourth-order valence-electron chi connectivity index (χ4n) is 2.38. The Balaban J connectivity index is 4.71. The van der Waals surface area contributed by atoms with Crippen molar-refractivity contribution in [3.05, 3.63) is 24.3 Å². The van der Waals surface area contributed by atoms with Crippen LogP contribution in [0.3, 0.4) is 0 Å². The lowest BCUT2D eigenvalue weighted by Crippen LogP contribution is -2.44. The first-order chi connectivity index (χ1) is 16.8. The van der Waals surface area contributed by atoms with Gasteiger partial charge >= 0.3 is 35.8 Å². The summed E-state index contributed by atoms with van der Waals surface area (Å²) in [5.74, 6) is -5.38. The SMILES string of the molecule is C=C(C)C(=O)OCCOC(=O)CN(CCN(CC(=O)O)CC(=O)OCCOC(=O)C(=C)C)CC(=O)O. The third-order valence-electron chi connectivity index (χ3n) is 4.01. The number of carbonyl (C=O) groups excluding carboxylic acids is 4. The van der Waals surface area contributed by atoms with Gasteiger partial charge in [-0.05, 0) is 13.8 Å². The van der Waals surface area contributed by atoms with Gasteiger partial charge in [-0.3, -0.25) is 29.0 Å². The minimum atomic E-state index is -1.24. The molecule has 0 amide bonds. The van der Waals surface area contributed by atoms with E-state index in [2.05, 4.69) is 13.2 Å². The number of nitrogens with zero attached hydrogens (tertiary/aromatic N) is 2. The lowest BCUT2D eigenvalue weighted by Gasteiger charge is -2.24. The number of esters is 4. The summed E-state index contributed by atoms with van der Waals surface area (Å²) < 4.78 is 19.4. The highest BCUT2D eigenvalue weighted by Gasteiger charge is 2.20. The maximum Gasteiger partial charge on any atom is 0.333 e. The van der Waals surface area contributed by atoms with Gasteiger partial charge < -0.3 is 29.2 Å². The third-order valence-corrected chi connectivity index (χ3v) is 4.01. The Morgan fingerprint density at radius 3 is 1.17 bits per heavy atom. The Morgan fingerprint density at radius 1 is 0.583 bits per heavy atom. The van der Waals surface area contributed by atoms with Crippen LogP contribution in [-0.2, 0) is 47.7 Å². The van der Waals surface area contributed by atoms with Crippen LogP contribution in [-0.4, -0.2) is 122 Å². The van der Waals surface area contributed by atoms with Crippen molar-refractivity contribution in [1.82, 2.24) is 9.80 Å². The molecule has 0 unspecified atom stereocenters. The predicted octanol–water partition coefficient (Wildman–Crippen LogP) is -0.915. The Kier molecular flexibility index (Phi) is 15.8. The molecule has 0 saturated heterocycles. The van der Waals surface area contributed by atoms with E-state index in [4.69, 9.17) is 29.2 Å². The summed E-state index contributed by atoms with van der Waals surface area (Å²) in [7, 11) is 0. The van der Waals surface area contributed by atoms with Gasteiger partial charge in [0.1, 0.15) is 26.4 Å². The molecular formula is C22H32N2O12. The van der Waals surface area contributed by atoms with Crippen molar-refractivity contribution in [3.8, 4) is 0 Å². The van der Waals surface area contributed by atoms with Crippen LogP contribution >= 0.6 is 0 Å². The van der Waals surface area contributed by atoms with Gasteiger partial charge in [0.05, 0.1) is 26.2 Å². The Hall–Kier alpha value is -3.78. The van der Waals surface area contributed by atoms with E-state index in [9.17, 15) is 28.8 Å². The molecule has 2 N–H and O–H groups in total.